The highest BCUT2D eigenvalue weighted by Gasteiger charge is 2.57. The summed E-state index contributed by atoms with van der Waals surface area (Å²) in [6.07, 6.45) is -4.43. The van der Waals surface area contributed by atoms with Crippen LogP contribution in [0.3, 0.4) is 0 Å². The van der Waals surface area contributed by atoms with Crippen LogP contribution in [0.4, 0.5) is 23.2 Å². The van der Waals surface area contributed by atoms with Crippen molar-refractivity contribution < 1.29 is 31.9 Å². The van der Waals surface area contributed by atoms with Crippen LogP contribution in [0.15, 0.2) is 42.5 Å². The molecular weight excluding hydrogens is 468 g/mol. The van der Waals surface area contributed by atoms with Crippen molar-refractivity contribution in [2.75, 3.05) is 24.5 Å². The van der Waals surface area contributed by atoms with Crippen molar-refractivity contribution in [2.24, 2.45) is 0 Å². The van der Waals surface area contributed by atoms with E-state index in [2.05, 4.69) is 0 Å². The molecule has 1 unspecified atom stereocenters. The van der Waals surface area contributed by atoms with Crippen LogP contribution in [0.2, 0.25) is 0 Å². The smallest absolute Gasteiger partial charge is 0.340 e. The van der Waals surface area contributed by atoms with Crippen LogP contribution in [0.25, 0.3) is 0 Å². The van der Waals surface area contributed by atoms with Gasteiger partial charge in [0.1, 0.15) is 17.9 Å². The van der Waals surface area contributed by atoms with Gasteiger partial charge in [-0.25, -0.2) is 4.39 Å². The lowest BCUT2D eigenvalue weighted by molar-refractivity contribution is -0.151. The molecule has 2 fully saturated rings. The first-order chi connectivity index (χ1) is 16.5. The molecular formula is C24H20F4N4O3. The van der Waals surface area contributed by atoms with Crippen molar-refractivity contribution in [3.63, 3.8) is 0 Å². The van der Waals surface area contributed by atoms with Crippen molar-refractivity contribution in [3.8, 4) is 6.07 Å². The summed E-state index contributed by atoms with van der Waals surface area (Å²) in [5.41, 5.74) is -2.10. The monoisotopic (exact) mass is 488 g/mol. The molecule has 1 atom stereocenters. The number of nitrogens with zero attached hydrogens (tertiary/aromatic N) is 4. The summed E-state index contributed by atoms with van der Waals surface area (Å²) >= 11 is 0. The SMILES string of the molecule is CC(=O)N1CCC2(C1)C(=O)N(c1ccc(C#N)cc1F)CC(=O)N2Cc1ccc(C(F)(F)F)cc1. The van der Waals surface area contributed by atoms with E-state index in [1.54, 1.807) is 6.07 Å². The molecule has 2 aromatic carbocycles. The Hall–Kier alpha value is -3.94. The summed E-state index contributed by atoms with van der Waals surface area (Å²) in [6, 6.07) is 9.60. The maximum Gasteiger partial charge on any atom is 0.416 e. The normalized spacial score (nSPS) is 20.5. The van der Waals surface area contributed by atoms with E-state index in [-0.39, 0.29) is 43.2 Å². The third-order valence-corrected chi connectivity index (χ3v) is 6.44. The van der Waals surface area contributed by atoms with E-state index >= 15 is 0 Å². The Labute approximate surface area is 198 Å². The van der Waals surface area contributed by atoms with Gasteiger partial charge in [-0.1, -0.05) is 12.1 Å². The summed E-state index contributed by atoms with van der Waals surface area (Å²) in [5, 5.41) is 8.98. The van der Waals surface area contributed by atoms with E-state index in [9.17, 15) is 31.9 Å². The second-order valence-electron chi connectivity index (χ2n) is 8.57. The summed E-state index contributed by atoms with van der Waals surface area (Å²) in [5.74, 6) is -2.30. The number of likely N-dealkylation sites (tertiary alicyclic amines) is 1. The topological polar surface area (TPSA) is 84.7 Å². The zero-order chi connectivity index (χ0) is 25.5. The van der Waals surface area contributed by atoms with Gasteiger partial charge in [-0.15, -0.1) is 0 Å². The first-order valence-corrected chi connectivity index (χ1v) is 10.7. The molecule has 2 aliphatic heterocycles. The number of halogens is 4. The Bertz CT molecular complexity index is 1240. The molecule has 4 rings (SSSR count). The second kappa shape index (κ2) is 8.69. The standard InChI is InChI=1S/C24H20F4N4O3/c1-15(33)30-9-8-23(14-30)22(35)31(20-7-4-17(11-29)10-19(20)25)13-21(34)32(23)12-16-2-5-18(6-3-16)24(26,27)28/h2-7,10H,8-9,12-14H2,1H3. The third-order valence-electron chi connectivity index (χ3n) is 6.44. The van der Waals surface area contributed by atoms with Gasteiger partial charge in [-0.3, -0.25) is 19.3 Å². The number of alkyl halides is 3. The van der Waals surface area contributed by atoms with Crippen molar-refractivity contribution in [3.05, 3.63) is 65.0 Å². The maximum absolute atomic E-state index is 14.8. The van der Waals surface area contributed by atoms with Crippen LogP contribution in [0.1, 0.15) is 30.0 Å². The van der Waals surface area contributed by atoms with Gasteiger partial charge in [-0.2, -0.15) is 18.4 Å². The quantitative estimate of drug-likeness (QED) is 0.622. The second-order valence-corrected chi connectivity index (χ2v) is 8.57. The van der Waals surface area contributed by atoms with Crippen LogP contribution in [-0.2, 0) is 27.1 Å². The minimum atomic E-state index is -4.52. The number of piperazine rings is 1. The fourth-order valence-corrected chi connectivity index (χ4v) is 4.57. The molecule has 2 saturated heterocycles. The summed E-state index contributed by atoms with van der Waals surface area (Å²) in [7, 11) is 0. The van der Waals surface area contributed by atoms with Crippen molar-refractivity contribution in [2.45, 2.75) is 31.6 Å². The van der Waals surface area contributed by atoms with E-state index in [4.69, 9.17) is 5.26 Å². The van der Waals surface area contributed by atoms with Crippen LogP contribution in [0, 0.1) is 17.1 Å². The van der Waals surface area contributed by atoms with Crippen LogP contribution in [0.5, 0.6) is 0 Å². The van der Waals surface area contributed by atoms with Gasteiger partial charge in [0, 0.05) is 20.0 Å². The van der Waals surface area contributed by atoms with E-state index < -0.39 is 41.5 Å². The van der Waals surface area contributed by atoms with E-state index in [0.717, 1.165) is 23.1 Å². The number of anilines is 1. The molecule has 2 aromatic rings. The molecule has 1 spiro atoms. The highest BCUT2D eigenvalue weighted by molar-refractivity contribution is 6.10. The molecule has 11 heteroatoms. The Morgan fingerprint density at radius 3 is 2.37 bits per heavy atom. The fourth-order valence-electron chi connectivity index (χ4n) is 4.57. The molecule has 182 valence electrons. The molecule has 0 saturated carbocycles. The molecule has 0 radical (unpaired) electrons. The molecule has 35 heavy (non-hydrogen) atoms. The first kappa shape index (κ1) is 24.2. The van der Waals surface area contributed by atoms with Gasteiger partial charge in [-0.05, 0) is 42.3 Å². The molecule has 0 bridgehead atoms. The van der Waals surface area contributed by atoms with E-state index in [1.165, 1.54) is 41.0 Å². The van der Waals surface area contributed by atoms with Gasteiger partial charge in [0.05, 0.1) is 29.4 Å². The number of carbonyl (C=O) groups excluding carboxylic acids is 3. The Morgan fingerprint density at radius 1 is 1.14 bits per heavy atom. The number of rotatable bonds is 3. The third kappa shape index (κ3) is 4.32. The summed E-state index contributed by atoms with van der Waals surface area (Å²) < 4.78 is 53.6. The van der Waals surface area contributed by atoms with Crippen molar-refractivity contribution >= 4 is 23.4 Å². The average molecular weight is 488 g/mol. The first-order valence-electron chi connectivity index (χ1n) is 10.7. The highest BCUT2D eigenvalue weighted by Crippen LogP contribution is 2.38. The number of benzene rings is 2. The minimum Gasteiger partial charge on any atom is -0.340 e. The summed E-state index contributed by atoms with van der Waals surface area (Å²) in [6.45, 7) is 0.734. The average Bonchev–Trinajstić information content (AvgIpc) is 3.26. The van der Waals surface area contributed by atoms with Crippen LogP contribution < -0.4 is 4.90 Å². The Balaban J connectivity index is 1.71. The molecule has 3 amide bonds. The van der Waals surface area contributed by atoms with Gasteiger partial charge in [0.15, 0.2) is 0 Å². The molecule has 7 nitrogen and oxygen atoms in total. The molecule has 0 N–H and O–H groups in total. The highest BCUT2D eigenvalue weighted by atomic mass is 19.4. The lowest BCUT2D eigenvalue weighted by Gasteiger charge is -2.47. The summed E-state index contributed by atoms with van der Waals surface area (Å²) in [4.78, 5) is 42.8. The van der Waals surface area contributed by atoms with Gasteiger partial charge < -0.3 is 9.80 Å². The van der Waals surface area contributed by atoms with E-state index in [0.29, 0.717) is 5.56 Å². The van der Waals surface area contributed by atoms with Gasteiger partial charge >= 0.3 is 6.18 Å². The number of nitriles is 1. The van der Waals surface area contributed by atoms with Crippen molar-refractivity contribution in [1.29, 1.82) is 5.26 Å². The predicted molar refractivity (Wildman–Crippen MR) is 115 cm³/mol. The number of amides is 3. The lowest BCUT2D eigenvalue weighted by Crippen LogP contribution is -2.69. The minimum absolute atomic E-state index is 0.0456. The zero-order valence-electron chi connectivity index (χ0n) is 18.6. The number of hydrogen-bond acceptors (Lipinski definition) is 4. The van der Waals surface area contributed by atoms with Crippen LogP contribution >= 0.6 is 0 Å². The largest absolute Gasteiger partial charge is 0.416 e. The molecule has 0 aromatic heterocycles. The fraction of sp³-hybridized carbons (Fsp3) is 0.333. The van der Waals surface area contributed by atoms with Crippen LogP contribution in [-0.4, -0.2) is 52.7 Å². The molecule has 2 aliphatic rings. The Morgan fingerprint density at radius 2 is 1.83 bits per heavy atom. The molecule has 2 heterocycles. The van der Waals surface area contributed by atoms with Crippen molar-refractivity contribution in [1.82, 2.24) is 9.80 Å². The number of hydrogen-bond donors (Lipinski definition) is 0. The molecule has 0 aliphatic carbocycles. The zero-order valence-corrected chi connectivity index (χ0v) is 18.6. The lowest BCUT2D eigenvalue weighted by atomic mass is 9.89. The Kier molecular flexibility index (Phi) is 6.00. The van der Waals surface area contributed by atoms with Gasteiger partial charge in [0.25, 0.3) is 5.91 Å². The predicted octanol–water partition coefficient (Wildman–Crippen LogP) is 3.08. The van der Waals surface area contributed by atoms with E-state index in [1.807, 2.05) is 0 Å². The maximum atomic E-state index is 14.8. The number of carbonyl (C=O) groups is 3. The van der Waals surface area contributed by atoms with Gasteiger partial charge in [0.2, 0.25) is 11.8 Å².